The van der Waals surface area contributed by atoms with Crippen molar-refractivity contribution in [2.45, 2.75) is 6.61 Å². The van der Waals surface area contributed by atoms with Gasteiger partial charge in [-0.1, -0.05) is 17.7 Å². The molecule has 0 unspecified atom stereocenters. The summed E-state index contributed by atoms with van der Waals surface area (Å²) in [5, 5.41) is 0.431. The zero-order chi connectivity index (χ0) is 13.1. The molecule has 0 aliphatic rings. The van der Waals surface area contributed by atoms with E-state index in [1.54, 1.807) is 18.2 Å². The van der Waals surface area contributed by atoms with Crippen molar-refractivity contribution >= 4 is 17.3 Å². The highest BCUT2D eigenvalue weighted by atomic mass is 35.5. The van der Waals surface area contributed by atoms with E-state index in [2.05, 4.69) is 0 Å². The van der Waals surface area contributed by atoms with Crippen molar-refractivity contribution in [3.63, 3.8) is 0 Å². The third-order valence-electron chi connectivity index (χ3n) is 2.36. The second-order valence-electron chi connectivity index (χ2n) is 3.69. The Morgan fingerprint density at radius 2 is 1.78 bits per heavy atom. The molecule has 0 saturated carbocycles. The van der Waals surface area contributed by atoms with Crippen LogP contribution in [0.3, 0.4) is 0 Å². The Morgan fingerprint density at radius 3 is 2.44 bits per heavy atom. The lowest BCUT2D eigenvalue weighted by Gasteiger charge is -2.09. The number of anilines is 1. The average Bonchev–Trinajstić information content (AvgIpc) is 2.33. The molecule has 2 aromatic carbocycles. The third kappa shape index (κ3) is 2.71. The number of nitrogen functional groups attached to an aromatic ring is 1. The number of benzene rings is 2. The fourth-order valence-electron chi connectivity index (χ4n) is 1.48. The van der Waals surface area contributed by atoms with E-state index in [9.17, 15) is 8.78 Å². The summed E-state index contributed by atoms with van der Waals surface area (Å²) in [5.74, 6) is -1.93. The zero-order valence-electron chi connectivity index (χ0n) is 9.29. The SMILES string of the molecule is Nc1ccc(Cl)c(COc2c(F)cccc2F)c1. The van der Waals surface area contributed by atoms with Crippen LogP contribution in [0.5, 0.6) is 5.75 Å². The first-order valence-electron chi connectivity index (χ1n) is 5.18. The summed E-state index contributed by atoms with van der Waals surface area (Å²) in [5.41, 5.74) is 6.67. The lowest BCUT2D eigenvalue weighted by molar-refractivity contribution is 0.274. The molecule has 2 nitrogen and oxygen atoms in total. The Bertz CT molecular complexity index is 555. The summed E-state index contributed by atoms with van der Waals surface area (Å²) >= 11 is 5.92. The molecule has 0 fully saturated rings. The van der Waals surface area contributed by atoms with Crippen molar-refractivity contribution < 1.29 is 13.5 Å². The van der Waals surface area contributed by atoms with Gasteiger partial charge in [-0.25, -0.2) is 8.78 Å². The van der Waals surface area contributed by atoms with Gasteiger partial charge in [0.2, 0.25) is 0 Å². The molecule has 0 aromatic heterocycles. The average molecular weight is 270 g/mol. The molecule has 2 rings (SSSR count). The predicted molar refractivity (Wildman–Crippen MR) is 66.6 cm³/mol. The Labute approximate surface area is 108 Å². The molecule has 0 heterocycles. The van der Waals surface area contributed by atoms with Gasteiger partial charge in [0.1, 0.15) is 6.61 Å². The second-order valence-corrected chi connectivity index (χ2v) is 4.10. The summed E-state index contributed by atoms with van der Waals surface area (Å²) < 4.78 is 31.7. The quantitative estimate of drug-likeness (QED) is 0.861. The smallest absolute Gasteiger partial charge is 0.191 e. The molecule has 94 valence electrons. The summed E-state index contributed by atoms with van der Waals surface area (Å²) in [6.07, 6.45) is 0. The molecule has 0 saturated heterocycles. The molecule has 0 amide bonds. The summed E-state index contributed by atoms with van der Waals surface area (Å²) in [6.45, 7) is -0.0538. The van der Waals surface area contributed by atoms with Crippen molar-refractivity contribution in [1.82, 2.24) is 0 Å². The number of hydrogen-bond acceptors (Lipinski definition) is 2. The second kappa shape index (κ2) is 5.23. The molecule has 0 atom stereocenters. The molecule has 0 spiro atoms. The number of nitrogens with two attached hydrogens (primary N) is 1. The van der Waals surface area contributed by atoms with Crippen LogP contribution in [0, 0.1) is 11.6 Å². The monoisotopic (exact) mass is 269 g/mol. The molecule has 2 N–H and O–H groups in total. The standard InChI is InChI=1S/C13H10ClF2NO/c14-10-5-4-9(17)6-8(10)7-18-13-11(15)2-1-3-12(13)16/h1-6H,7,17H2. The van der Waals surface area contributed by atoms with Crippen molar-refractivity contribution in [2.75, 3.05) is 5.73 Å². The van der Waals surface area contributed by atoms with Gasteiger partial charge >= 0.3 is 0 Å². The molecular formula is C13H10ClF2NO. The fourth-order valence-corrected chi connectivity index (χ4v) is 1.65. The summed E-state index contributed by atoms with van der Waals surface area (Å²) in [4.78, 5) is 0. The van der Waals surface area contributed by atoms with E-state index in [0.29, 0.717) is 16.3 Å². The van der Waals surface area contributed by atoms with E-state index < -0.39 is 17.4 Å². The summed E-state index contributed by atoms with van der Waals surface area (Å²) in [6, 6.07) is 8.35. The number of halogens is 3. The summed E-state index contributed by atoms with van der Waals surface area (Å²) in [7, 11) is 0. The Balaban J connectivity index is 2.19. The van der Waals surface area contributed by atoms with Crippen LogP contribution < -0.4 is 10.5 Å². The molecular weight excluding hydrogens is 260 g/mol. The lowest BCUT2D eigenvalue weighted by atomic mass is 10.2. The normalized spacial score (nSPS) is 10.4. The first-order valence-corrected chi connectivity index (χ1v) is 5.56. The highest BCUT2D eigenvalue weighted by Gasteiger charge is 2.10. The highest BCUT2D eigenvalue weighted by molar-refractivity contribution is 6.31. The van der Waals surface area contributed by atoms with Crippen LogP contribution in [0.15, 0.2) is 36.4 Å². The molecule has 5 heteroatoms. The van der Waals surface area contributed by atoms with Crippen LogP contribution in [0.1, 0.15) is 5.56 Å². The van der Waals surface area contributed by atoms with Gasteiger partial charge in [0.25, 0.3) is 0 Å². The maximum absolute atomic E-state index is 13.3. The topological polar surface area (TPSA) is 35.2 Å². The Morgan fingerprint density at radius 1 is 1.11 bits per heavy atom. The minimum atomic E-state index is -0.755. The van der Waals surface area contributed by atoms with Gasteiger partial charge in [0.15, 0.2) is 17.4 Å². The maximum atomic E-state index is 13.3. The van der Waals surface area contributed by atoms with Crippen molar-refractivity contribution in [3.05, 3.63) is 58.6 Å². The van der Waals surface area contributed by atoms with Gasteiger partial charge in [0, 0.05) is 16.3 Å². The van der Waals surface area contributed by atoms with E-state index in [1.807, 2.05) is 0 Å². The maximum Gasteiger partial charge on any atom is 0.191 e. The van der Waals surface area contributed by atoms with Crippen LogP contribution in [0.25, 0.3) is 0 Å². The van der Waals surface area contributed by atoms with Crippen molar-refractivity contribution in [2.24, 2.45) is 0 Å². The van der Waals surface area contributed by atoms with E-state index in [4.69, 9.17) is 22.1 Å². The van der Waals surface area contributed by atoms with Crippen LogP contribution in [-0.2, 0) is 6.61 Å². The Kier molecular flexibility index (Phi) is 3.67. The minimum absolute atomic E-state index is 0.0538. The van der Waals surface area contributed by atoms with Gasteiger partial charge in [-0.05, 0) is 30.3 Å². The van der Waals surface area contributed by atoms with Crippen molar-refractivity contribution in [3.8, 4) is 5.75 Å². The van der Waals surface area contributed by atoms with Gasteiger partial charge in [-0.2, -0.15) is 0 Å². The molecule has 18 heavy (non-hydrogen) atoms. The van der Waals surface area contributed by atoms with Gasteiger partial charge < -0.3 is 10.5 Å². The highest BCUT2D eigenvalue weighted by Crippen LogP contribution is 2.24. The van der Waals surface area contributed by atoms with Gasteiger partial charge in [0.05, 0.1) is 0 Å². The number of ether oxygens (including phenoxy) is 1. The fraction of sp³-hybridized carbons (Fsp3) is 0.0769. The van der Waals surface area contributed by atoms with Gasteiger partial charge in [-0.15, -0.1) is 0 Å². The number of rotatable bonds is 3. The molecule has 0 aliphatic heterocycles. The van der Waals surface area contributed by atoms with Gasteiger partial charge in [-0.3, -0.25) is 0 Å². The molecule has 0 radical (unpaired) electrons. The van der Waals surface area contributed by atoms with Crippen LogP contribution in [0.2, 0.25) is 5.02 Å². The minimum Gasteiger partial charge on any atom is -0.483 e. The Hall–Kier alpha value is -1.81. The van der Waals surface area contributed by atoms with E-state index in [-0.39, 0.29) is 6.61 Å². The number of hydrogen-bond donors (Lipinski definition) is 1. The van der Waals surface area contributed by atoms with E-state index in [0.717, 1.165) is 12.1 Å². The zero-order valence-corrected chi connectivity index (χ0v) is 10.0. The first kappa shape index (κ1) is 12.6. The van der Waals surface area contributed by atoms with Crippen LogP contribution in [-0.4, -0.2) is 0 Å². The van der Waals surface area contributed by atoms with Crippen LogP contribution >= 0.6 is 11.6 Å². The van der Waals surface area contributed by atoms with Crippen molar-refractivity contribution in [1.29, 1.82) is 0 Å². The number of para-hydroxylation sites is 1. The molecule has 2 aromatic rings. The predicted octanol–water partition coefficient (Wildman–Crippen LogP) is 3.78. The largest absolute Gasteiger partial charge is 0.483 e. The van der Waals surface area contributed by atoms with E-state index in [1.165, 1.54) is 6.07 Å². The van der Waals surface area contributed by atoms with Crippen LogP contribution in [0.4, 0.5) is 14.5 Å². The van der Waals surface area contributed by atoms with E-state index >= 15 is 0 Å². The molecule has 0 bridgehead atoms. The molecule has 0 aliphatic carbocycles. The first-order chi connectivity index (χ1) is 8.58. The third-order valence-corrected chi connectivity index (χ3v) is 2.73. The lowest BCUT2D eigenvalue weighted by Crippen LogP contribution is -2.01.